The number of aromatic nitrogens is 8. The Hall–Kier alpha value is -3.13. The van der Waals surface area contributed by atoms with Gasteiger partial charge in [-0.15, -0.1) is 0 Å². The number of imidazole rings is 2. The molecule has 2 saturated heterocycles. The summed E-state index contributed by atoms with van der Waals surface area (Å²) in [6.07, 6.45) is -0.516. The summed E-state index contributed by atoms with van der Waals surface area (Å²) >= 11 is 5.24. The van der Waals surface area contributed by atoms with E-state index in [1.807, 2.05) is 0 Å². The second-order valence-corrected chi connectivity index (χ2v) is 12.1. The van der Waals surface area contributed by atoms with Crippen molar-refractivity contribution < 1.29 is 33.6 Å². The van der Waals surface area contributed by atoms with Gasteiger partial charge >= 0.3 is 6.72 Å². The molecule has 0 amide bonds. The van der Waals surface area contributed by atoms with Crippen LogP contribution in [0.15, 0.2) is 23.8 Å². The Bertz CT molecular complexity index is 1660. The highest BCUT2D eigenvalue weighted by molar-refractivity contribution is 8.07. The topological polar surface area (TPSA) is 257 Å². The molecule has 2 aliphatic rings. The van der Waals surface area contributed by atoms with E-state index in [9.17, 15) is 19.9 Å². The SMILES string of the molecule is Nc1nc2c(ncn2[C@@H]2O[C@H](CO)C[C@@H]2OP(O)(=S)OC[C@H]2O[C@@H](n3cnc4c(N)ncnc43)C[C@H]2O)c(=O)[nH]1. The highest BCUT2D eigenvalue weighted by atomic mass is 32.5. The van der Waals surface area contributed by atoms with Gasteiger partial charge < -0.3 is 45.1 Å². The Kier molecular flexibility index (Phi) is 7.01. The number of aromatic amines is 1. The summed E-state index contributed by atoms with van der Waals surface area (Å²) in [5, 5.41) is 20.3. The standard InChI is InChI=1S/C20H25N10O8PS/c21-15-13-16(24-5-23-15)29(6-25-13)12-2-9(32)11(37-12)4-35-39(34,40)38-10-1-8(3-31)36-19(10)30-7-26-14-17(30)27-20(22)28-18(14)33/h5-12,19,31-32H,1-4H2,(H,34,40)(H2,21,23,24)(H3,22,27,28,33)/t8-,9+,10-,11+,12+,19+,39?/m0/s1. The molecule has 8 N–H and O–H groups in total. The summed E-state index contributed by atoms with van der Waals surface area (Å²) < 4.78 is 26.2. The molecule has 20 heteroatoms. The molecular formula is C20H25N10O8PS. The number of aliphatic hydroxyl groups excluding tert-OH is 2. The molecule has 0 aromatic carbocycles. The van der Waals surface area contributed by atoms with E-state index in [-0.39, 0.29) is 49.0 Å². The summed E-state index contributed by atoms with van der Waals surface area (Å²) in [4.78, 5) is 45.9. The van der Waals surface area contributed by atoms with E-state index in [4.69, 9.17) is 41.8 Å². The number of hydrogen-bond donors (Lipinski definition) is 6. The Balaban J connectivity index is 1.15. The van der Waals surface area contributed by atoms with Gasteiger partial charge in [0.15, 0.2) is 28.9 Å². The first-order chi connectivity index (χ1) is 19.1. The van der Waals surface area contributed by atoms with E-state index < -0.39 is 49.1 Å². The lowest BCUT2D eigenvalue weighted by atomic mass is 10.2. The molecule has 6 heterocycles. The number of nitrogens with two attached hydrogens (primary N) is 2. The van der Waals surface area contributed by atoms with Gasteiger partial charge in [-0.05, 0) is 11.8 Å². The second-order valence-electron chi connectivity index (χ2n) is 9.27. The Labute approximate surface area is 229 Å². The van der Waals surface area contributed by atoms with E-state index in [0.29, 0.717) is 11.2 Å². The number of fused-ring (bicyclic) bond motifs is 2. The summed E-state index contributed by atoms with van der Waals surface area (Å²) in [6.45, 7) is -4.54. The predicted octanol–water partition coefficient (Wildman–Crippen LogP) is -1.33. The molecule has 0 saturated carbocycles. The van der Waals surface area contributed by atoms with Gasteiger partial charge in [0.2, 0.25) is 5.95 Å². The predicted molar refractivity (Wildman–Crippen MR) is 140 cm³/mol. The number of aliphatic hydroxyl groups is 2. The molecule has 18 nitrogen and oxygen atoms in total. The Morgan fingerprint density at radius 3 is 2.70 bits per heavy atom. The van der Waals surface area contributed by atoms with Gasteiger partial charge in [-0.25, -0.2) is 19.9 Å². The van der Waals surface area contributed by atoms with Gasteiger partial charge in [0.1, 0.15) is 30.3 Å². The minimum Gasteiger partial charge on any atom is -0.394 e. The lowest BCUT2D eigenvalue weighted by Crippen LogP contribution is -2.27. The van der Waals surface area contributed by atoms with Crippen molar-refractivity contribution in [1.29, 1.82) is 0 Å². The maximum atomic E-state index is 12.2. The third-order valence-electron chi connectivity index (χ3n) is 6.65. The fraction of sp³-hybridized carbons (Fsp3) is 0.500. The average molecular weight is 597 g/mol. The van der Waals surface area contributed by atoms with Crippen LogP contribution >= 0.6 is 6.72 Å². The number of ether oxygens (including phenoxy) is 2. The number of nitrogens with zero attached hydrogens (tertiary/aromatic N) is 7. The van der Waals surface area contributed by atoms with Gasteiger partial charge in [0, 0.05) is 12.8 Å². The monoisotopic (exact) mass is 596 g/mol. The number of nitrogen functional groups attached to an aromatic ring is 2. The smallest absolute Gasteiger partial charge is 0.325 e. The molecule has 4 aromatic rings. The third-order valence-corrected chi connectivity index (χ3v) is 8.23. The number of H-pyrrole nitrogens is 1. The molecule has 2 fully saturated rings. The minimum absolute atomic E-state index is 0.0189. The van der Waals surface area contributed by atoms with Crippen molar-refractivity contribution >= 4 is 52.6 Å². The van der Waals surface area contributed by atoms with Crippen LogP contribution in [0.25, 0.3) is 22.3 Å². The molecule has 0 spiro atoms. The van der Waals surface area contributed by atoms with Gasteiger partial charge in [0.05, 0.1) is 38.1 Å². The van der Waals surface area contributed by atoms with Crippen LogP contribution in [0.2, 0.25) is 0 Å². The van der Waals surface area contributed by atoms with Crippen LogP contribution < -0.4 is 17.0 Å². The minimum atomic E-state index is -3.92. The van der Waals surface area contributed by atoms with Crippen molar-refractivity contribution in [3.63, 3.8) is 0 Å². The van der Waals surface area contributed by atoms with E-state index in [2.05, 4.69) is 29.9 Å². The molecule has 0 radical (unpaired) electrons. The molecule has 2 aliphatic heterocycles. The second kappa shape index (κ2) is 10.4. The molecule has 40 heavy (non-hydrogen) atoms. The lowest BCUT2D eigenvalue weighted by molar-refractivity contribution is -0.0544. The van der Waals surface area contributed by atoms with Crippen LogP contribution in [0.4, 0.5) is 11.8 Å². The third kappa shape index (κ3) is 4.95. The lowest BCUT2D eigenvalue weighted by Gasteiger charge is -2.25. The molecule has 1 unspecified atom stereocenters. The summed E-state index contributed by atoms with van der Waals surface area (Å²) in [7, 11) is 0. The van der Waals surface area contributed by atoms with Gasteiger partial charge in [-0.2, -0.15) is 4.98 Å². The van der Waals surface area contributed by atoms with Crippen molar-refractivity contribution in [3.8, 4) is 0 Å². The van der Waals surface area contributed by atoms with Crippen molar-refractivity contribution in [2.24, 2.45) is 0 Å². The van der Waals surface area contributed by atoms with E-state index in [0.717, 1.165) is 0 Å². The average Bonchev–Trinajstić information content (AvgIpc) is 3.68. The summed E-state index contributed by atoms with van der Waals surface area (Å²) in [6, 6.07) is 0. The first-order valence-corrected chi connectivity index (χ1v) is 14.6. The normalized spacial score (nSPS) is 28.5. The van der Waals surface area contributed by atoms with E-state index in [1.54, 1.807) is 4.57 Å². The highest BCUT2D eigenvalue weighted by Gasteiger charge is 2.42. The zero-order chi connectivity index (χ0) is 28.2. The van der Waals surface area contributed by atoms with Crippen LogP contribution in [-0.4, -0.2) is 91.8 Å². The Morgan fingerprint density at radius 1 is 1.12 bits per heavy atom. The Morgan fingerprint density at radius 2 is 1.90 bits per heavy atom. The van der Waals surface area contributed by atoms with E-state index in [1.165, 1.54) is 23.5 Å². The summed E-state index contributed by atoms with van der Waals surface area (Å²) in [5.74, 6) is 0.0877. The maximum Gasteiger partial charge on any atom is 0.325 e. The van der Waals surface area contributed by atoms with Crippen LogP contribution in [0.1, 0.15) is 25.3 Å². The van der Waals surface area contributed by atoms with Crippen LogP contribution in [0, 0.1) is 0 Å². The number of rotatable bonds is 8. The quantitative estimate of drug-likeness (QED) is 0.129. The molecule has 0 bridgehead atoms. The molecular weight excluding hydrogens is 571 g/mol. The van der Waals surface area contributed by atoms with Crippen molar-refractivity contribution in [3.05, 3.63) is 29.3 Å². The van der Waals surface area contributed by atoms with Gasteiger partial charge in [0.25, 0.3) is 5.56 Å². The van der Waals surface area contributed by atoms with Crippen LogP contribution in [0.3, 0.4) is 0 Å². The fourth-order valence-electron chi connectivity index (χ4n) is 4.79. The zero-order valence-corrected chi connectivity index (χ0v) is 22.3. The molecule has 214 valence electrons. The number of anilines is 2. The van der Waals surface area contributed by atoms with Crippen molar-refractivity contribution in [1.82, 2.24) is 39.0 Å². The molecule has 4 aromatic heterocycles. The van der Waals surface area contributed by atoms with Crippen molar-refractivity contribution in [2.45, 2.75) is 49.7 Å². The first-order valence-electron chi connectivity index (χ1n) is 12.0. The van der Waals surface area contributed by atoms with Gasteiger partial charge in [-0.3, -0.25) is 18.9 Å². The van der Waals surface area contributed by atoms with Crippen LogP contribution in [0.5, 0.6) is 0 Å². The molecule has 0 aliphatic carbocycles. The molecule has 6 rings (SSSR count). The zero-order valence-electron chi connectivity index (χ0n) is 20.5. The van der Waals surface area contributed by atoms with E-state index >= 15 is 0 Å². The molecule has 7 atom stereocenters. The number of hydrogen-bond acceptors (Lipinski definition) is 15. The summed E-state index contributed by atoms with van der Waals surface area (Å²) in [5.41, 5.74) is 12.0. The first kappa shape index (κ1) is 27.1. The van der Waals surface area contributed by atoms with Crippen LogP contribution in [-0.2, 0) is 30.3 Å². The van der Waals surface area contributed by atoms with Gasteiger partial charge in [-0.1, -0.05) is 0 Å². The highest BCUT2D eigenvalue weighted by Crippen LogP contribution is 2.50. The maximum absolute atomic E-state index is 12.2. The fourth-order valence-corrected chi connectivity index (χ4v) is 6.23. The number of nitrogens with one attached hydrogen (secondary N) is 1. The largest absolute Gasteiger partial charge is 0.394 e. The van der Waals surface area contributed by atoms with Crippen molar-refractivity contribution in [2.75, 3.05) is 24.7 Å².